The predicted octanol–water partition coefficient (Wildman–Crippen LogP) is 2.20. The second-order valence-electron chi connectivity index (χ2n) is 5.30. The third-order valence-electron chi connectivity index (χ3n) is 3.76. The van der Waals surface area contributed by atoms with Crippen molar-refractivity contribution in [3.8, 4) is 0 Å². The topological polar surface area (TPSA) is 64.6 Å². The summed E-state index contributed by atoms with van der Waals surface area (Å²) in [6.07, 6.45) is 4.63. The molecule has 1 aliphatic carbocycles. The Morgan fingerprint density at radius 2 is 2.14 bits per heavy atom. The Morgan fingerprint density at radius 1 is 1.38 bits per heavy atom. The van der Waals surface area contributed by atoms with Crippen LogP contribution in [-0.2, 0) is 0 Å². The largest absolute Gasteiger partial charge is 0.396 e. The maximum absolute atomic E-state index is 12.1. The van der Waals surface area contributed by atoms with Crippen molar-refractivity contribution in [3.05, 3.63) is 36.4 Å². The lowest BCUT2D eigenvalue weighted by Gasteiger charge is -2.21. The van der Waals surface area contributed by atoms with E-state index < -0.39 is 0 Å². The van der Waals surface area contributed by atoms with Crippen molar-refractivity contribution in [2.45, 2.75) is 19.4 Å². The Kier molecular flexibility index (Phi) is 5.22. The summed E-state index contributed by atoms with van der Waals surface area (Å²) in [4.78, 5) is 14.2. The van der Waals surface area contributed by atoms with Crippen molar-refractivity contribution < 1.29 is 9.90 Å². The van der Waals surface area contributed by atoms with Crippen LogP contribution in [0.2, 0.25) is 0 Å². The molecule has 2 amide bonds. The van der Waals surface area contributed by atoms with Crippen molar-refractivity contribution in [1.29, 1.82) is 0 Å². The smallest absolute Gasteiger partial charge is 0.319 e. The third-order valence-corrected chi connectivity index (χ3v) is 3.76. The van der Waals surface area contributed by atoms with Crippen molar-refractivity contribution in [2.75, 3.05) is 30.4 Å². The summed E-state index contributed by atoms with van der Waals surface area (Å²) in [5.74, 6) is 0.147. The van der Waals surface area contributed by atoms with Gasteiger partial charge >= 0.3 is 6.03 Å². The molecule has 0 bridgehead atoms. The number of carbonyl (C=O) groups excluding carboxylic acids is 1. The van der Waals surface area contributed by atoms with Gasteiger partial charge in [0.05, 0.1) is 11.4 Å². The van der Waals surface area contributed by atoms with E-state index in [-0.39, 0.29) is 24.6 Å². The van der Waals surface area contributed by atoms with E-state index >= 15 is 0 Å². The highest BCUT2D eigenvalue weighted by molar-refractivity contribution is 5.93. The van der Waals surface area contributed by atoms with Crippen molar-refractivity contribution in [3.63, 3.8) is 0 Å². The van der Waals surface area contributed by atoms with Gasteiger partial charge < -0.3 is 20.6 Å². The van der Waals surface area contributed by atoms with E-state index in [2.05, 4.69) is 22.5 Å². The maximum atomic E-state index is 12.1. The van der Waals surface area contributed by atoms with Gasteiger partial charge in [0.1, 0.15) is 0 Å². The molecule has 0 aromatic heterocycles. The van der Waals surface area contributed by atoms with E-state index in [4.69, 9.17) is 5.11 Å². The van der Waals surface area contributed by atoms with Crippen LogP contribution in [0.5, 0.6) is 0 Å². The Labute approximate surface area is 125 Å². The molecule has 21 heavy (non-hydrogen) atoms. The lowest BCUT2D eigenvalue weighted by Crippen LogP contribution is -2.36. The quantitative estimate of drug-likeness (QED) is 0.728. The number of hydrogen-bond donors (Lipinski definition) is 3. The average molecular weight is 289 g/mol. The van der Waals surface area contributed by atoms with Gasteiger partial charge in [-0.15, -0.1) is 0 Å². The minimum absolute atomic E-state index is 0.0155. The number of anilines is 2. The number of carbonyl (C=O) groups is 1. The maximum Gasteiger partial charge on any atom is 0.319 e. The zero-order chi connectivity index (χ0) is 15.2. The second-order valence-corrected chi connectivity index (χ2v) is 5.30. The number of nitrogens with zero attached hydrogens (tertiary/aromatic N) is 1. The van der Waals surface area contributed by atoms with Crippen LogP contribution in [0.25, 0.3) is 0 Å². The summed E-state index contributed by atoms with van der Waals surface area (Å²) in [6.45, 7) is 3.06. The molecule has 5 nitrogen and oxygen atoms in total. The zero-order valence-corrected chi connectivity index (χ0v) is 12.5. The lowest BCUT2D eigenvalue weighted by molar-refractivity contribution is 0.238. The number of aliphatic hydroxyl groups excluding tert-OH is 1. The fourth-order valence-corrected chi connectivity index (χ4v) is 2.43. The lowest BCUT2D eigenvalue weighted by atomic mass is 10.1. The minimum Gasteiger partial charge on any atom is -0.396 e. The Bertz CT molecular complexity index is 516. The SMILES string of the molecule is CCN(C)c1ccccc1NC(=O)N[C@@H]1C=C[C@H](CO)C1. The Hall–Kier alpha value is -2.01. The molecule has 3 N–H and O–H groups in total. The molecule has 1 aromatic carbocycles. The number of urea groups is 1. The highest BCUT2D eigenvalue weighted by Gasteiger charge is 2.20. The van der Waals surface area contributed by atoms with E-state index in [0.717, 1.165) is 24.3 Å². The summed E-state index contributed by atoms with van der Waals surface area (Å²) in [5, 5.41) is 14.9. The molecule has 1 aliphatic rings. The molecule has 1 aromatic rings. The first kappa shape index (κ1) is 15.4. The van der Waals surface area contributed by atoms with Crippen molar-refractivity contribution in [2.24, 2.45) is 5.92 Å². The second kappa shape index (κ2) is 7.13. The molecular formula is C16H23N3O2. The highest BCUT2D eigenvalue weighted by atomic mass is 16.3. The van der Waals surface area contributed by atoms with Crippen LogP contribution in [0.1, 0.15) is 13.3 Å². The predicted molar refractivity (Wildman–Crippen MR) is 85.7 cm³/mol. The first-order chi connectivity index (χ1) is 10.1. The molecule has 0 spiro atoms. The van der Waals surface area contributed by atoms with Gasteiger partial charge in [-0.05, 0) is 25.5 Å². The molecule has 0 aliphatic heterocycles. The number of aliphatic hydroxyl groups is 1. The standard InChI is InChI=1S/C16H23N3O2/c1-3-19(2)15-7-5-4-6-14(15)18-16(21)17-13-9-8-12(10-13)11-20/h4-9,12-13,20H,3,10-11H2,1-2H3,(H2,17,18,21)/t12-,13+/m0/s1. The molecule has 5 heteroatoms. The minimum atomic E-state index is -0.222. The van der Waals surface area contributed by atoms with Crippen LogP contribution in [-0.4, -0.2) is 37.4 Å². The Morgan fingerprint density at radius 3 is 2.81 bits per heavy atom. The average Bonchev–Trinajstić information content (AvgIpc) is 2.94. The van der Waals surface area contributed by atoms with E-state index in [1.807, 2.05) is 43.5 Å². The van der Waals surface area contributed by atoms with E-state index in [0.29, 0.717) is 0 Å². The van der Waals surface area contributed by atoms with Crippen LogP contribution >= 0.6 is 0 Å². The summed E-state index contributed by atoms with van der Waals surface area (Å²) < 4.78 is 0. The molecule has 0 heterocycles. The number of benzene rings is 1. The highest BCUT2D eigenvalue weighted by Crippen LogP contribution is 2.24. The first-order valence-corrected chi connectivity index (χ1v) is 7.31. The normalized spacial score (nSPS) is 20.3. The number of rotatable bonds is 5. The van der Waals surface area contributed by atoms with E-state index in [9.17, 15) is 4.79 Å². The summed E-state index contributed by atoms with van der Waals surface area (Å²) in [5.41, 5.74) is 1.78. The number of para-hydroxylation sites is 2. The van der Waals surface area contributed by atoms with Crippen LogP contribution < -0.4 is 15.5 Å². The molecule has 2 rings (SSSR count). The number of nitrogens with one attached hydrogen (secondary N) is 2. The molecule has 0 unspecified atom stereocenters. The van der Waals surface area contributed by atoms with Crippen LogP contribution in [0.3, 0.4) is 0 Å². The molecular weight excluding hydrogens is 266 g/mol. The van der Waals surface area contributed by atoms with Gasteiger partial charge in [-0.25, -0.2) is 4.79 Å². The van der Waals surface area contributed by atoms with Crippen LogP contribution in [0, 0.1) is 5.92 Å². The summed E-state index contributed by atoms with van der Waals surface area (Å²) >= 11 is 0. The van der Waals surface area contributed by atoms with Gasteiger partial charge in [-0.3, -0.25) is 0 Å². The van der Waals surface area contributed by atoms with Gasteiger partial charge in [-0.1, -0.05) is 24.3 Å². The molecule has 0 radical (unpaired) electrons. The fourth-order valence-electron chi connectivity index (χ4n) is 2.43. The zero-order valence-electron chi connectivity index (χ0n) is 12.5. The monoisotopic (exact) mass is 289 g/mol. The first-order valence-electron chi connectivity index (χ1n) is 7.31. The molecule has 114 valence electrons. The van der Waals surface area contributed by atoms with E-state index in [1.54, 1.807) is 0 Å². The van der Waals surface area contributed by atoms with Crippen molar-refractivity contribution in [1.82, 2.24) is 5.32 Å². The van der Waals surface area contributed by atoms with Gasteiger partial charge in [0.25, 0.3) is 0 Å². The van der Waals surface area contributed by atoms with E-state index in [1.165, 1.54) is 0 Å². The molecule has 0 fully saturated rings. The number of hydrogen-bond acceptors (Lipinski definition) is 3. The van der Waals surface area contributed by atoms with Gasteiger partial charge in [0.2, 0.25) is 0 Å². The molecule has 0 saturated carbocycles. The summed E-state index contributed by atoms with van der Waals surface area (Å²) in [7, 11) is 1.99. The Balaban J connectivity index is 1.96. The molecule has 0 saturated heterocycles. The third kappa shape index (κ3) is 3.98. The molecule has 2 atom stereocenters. The van der Waals surface area contributed by atoms with Gasteiger partial charge in [0, 0.05) is 32.2 Å². The van der Waals surface area contributed by atoms with Crippen molar-refractivity contribution >= 4 is 17.4 Å². The number of amides is 2. The summed E-state index contributed by atoms with van der Waals surface area (Å²) in [6, 6.07) is 7.49. The van der Waals surface area contributed by atoms with Gasteiger partial charge in [0.15, 0.2) is 0 Å². The fraction of sp³-hybridized carbons (Fsp3) is 0.438. The van der Waals surface area contributed by atoms with Crippen LogP contribution in [0.15, 0.2) is 36.4 Å². The van der Waals surface area contributed by atoms with Gasteiger partial charge in [-0.2, -0.15) is 0 Å². The van der Waals surface area contributed by atoms with Crippen LogP contribution in [0.4, 0.5) is 16.2 Å².